The van der Waals surface area contributed by atoms with Crippen LogP contribution in [0, 0.1) is 0 Å². The van der Waals surface area contributed by atoms with E-state index in [0.717, 1.165) is 0 Å². The molecule has 0 radical (unpaired) electrons. The Morgan fingerprint density at radius 2 is 1.54 bits per heavy atom. The number of carbonyl (C=O) groups is 1. The van der Waals surface area contributed by atoms with Gasteiger partial charge < -0.3 is 14.8 Å². The second-order valence-corrected chi connectivity index (χ2v) is 6.77. The minimum absolute atomic E-state index is 0.0201. The van der Waals surface area contributed by atoms with Gasteiger partial charge in [-0.3, -0.25) is 10.1 Å². The third-order valence-corrected chi connectivity index (χ3v) is 4.80. The maximum atomic E-state index is 12.7. The predicted molar refractivity (Wildman–Crippen MR) is 113 cm³/mol. The van der Waals surface area contributed by atoms with E-state index in [2.05, 4.69) is 41.8 Å². The van der Waals surface area contributed by atoms with E-state index in [1.807, 2.05) is 25.1 Å². The topological polar surface area (TPSA) is 59.6 Å². The van der Waals surface area contributed by atoms with Gasteiger partial charge in [-0.1, -0.05) is 42.5 Å². The summed E-state index contributed by atoms with van der Waals surface area (Å²) in [6, 6.07) is 19.4. The lowest BCUT2D eigenvalue weighted by atomic mass is 9.99. The number of rotatable bonds is 7. The van der Waals surface area contributed by atoms with E-state index in [-0.39, 0.29) is 18.0 Å². The van der Waals surface area contributed by atoms with Crippen LogP contribution in [0.3, 0.4) is 0 Å². The van der Waals surface area contributed by atoms with Crippen molar-refractivity contribution in [2.45, 2.75) is 25.9 Å². The van der Waals surface area contributed by atoms with Crippen LogP contribution in [0.1, 0.15) is 25.5 Å². The van der Waals surface area contributed by atoms with Crippen molar-refractivity contribution in [1.82, 2.24) is 5.32 Å². The van der Waals surface area contributed by atoms with Crippen molar-refractivity contribution in [1.29, 1.82) is 0 Å². The Hall–Kier alpha value is -3.05. The van der Waals surface area contributed by atoms with Crippen molar-refractivity contribution in [3.05, 3.63) is 66.2 Å². The summed E-state index contributed by atoms with van der Waals surface area (Å²) < 4.78 is 10.5. The molecule has 2 N–H and O–H groups in total. The third kappa shape index (κ3) is 4.43. The first-order valence-corrected chi connectivity index (χ1v) is 9.29. The average Bonchev–Trinajstić information content (AvgIpc) is 2.72. The minimum Gasteiger partial charge on any atom is -0.497 e. The molecule has 0 heterocycles. The molecule has 3 aromatic carbocycles. The Balaban J connectivity index is 1.72. The molecule has 5 nitrogen and oxygen atoms in total. The Labute approximate surface area is 165 Å². The molecule has 146 valence electrons. The summed E-state index contributed by atoms with van der Waals surface area (Å²) in [5.74, 6) is 1.13. The van der Waals surface area contributed by atoms with E-state index in [1.165, 1.54) is 16.3 Å². The SMILES string of the molecule is COc1cc(NC(=O)[C@H](C)N[C@H](C)c2cccc3ccccc23)cc(OC)c1. The van der Waals surface area contributed by atoms with Crippen molar-refractivity contribution >= 4 is 22.4 Å². The number of hydrogen-bond acceptors (Lipinski definition) is 4. The second-order valence-electron chi connectivity index (χ2n) is 6.77. The molecule has 0 bridgehead atoms. The van der Waals surface area contributed by atoms with Crippen LogP contribution in [0.4, 0.5) is 5.69 Å². The fourth-order valence-electron chi connectivity index (χ4n) is 3.30. The summed E-state index contributed by atoms with van der Waals surface area (Å²) in [5, 5.41) is 8.69. The standard InChI is InChI=1S/C23H26N2O3/c1-15(21-11-7-9-17-8-5-6-10-22(17)21)24-16(2)23(26)25-18-12-19(27-3)14-20(13-18)28-4/h5-16,24H,1-4H3,(H,25,26)/t15-,16+/m1/s1. The predicted octanol–water partition coefficient (Wildman–Crippen LogP) is 4.53. The van der Waals surface area contributed by atoms with Crippen LogP contribution in [-0.2, 0) is 4.79 Å². The lowest BCUT2D eigenvalue weighted by Gasteiger charge is -2.21. The highest BCUT2D eigenvalue weighted by molar-refractivity contribution is 5.95. The fourth-order valence-corrected chi connectivity index (χ4v) is 3.30. The van der Waals surface area contributed by atoms with E-state index in [1.54, 1.807) is 32.4 Å². The number of methoxy groups -OCH3 is 2. The summed E-state index contributed by atoms with van der Waals surface area (Å²) in [7, 11) is 3.16. The van der Waals surface area contributed by atoms with Gasteiger partial charge in [0.25, 0.3) is 0 Å². The number of amides is 1. The first kappa shape index (κ1) is 19.7. The maximum Gasteiger partial charge on any atom is 0.241 e. The molecule has 0 unspecified atom stereocenters. The maximum absolute atomic E-state index is 12.7. The smallest absolute Gasteiger partial charge is 0.241 e. The number of nitrogens with one attached hydrogen (secondary N) is 2. The summed E-state index contributed by atoms with van der Waals surface area (Å²) in [6.07, 6.45) is 0. The minimum atomic E-state index is -0.383. The van der Waals surface area contributed by atoms with Gasteiger partial charge in [-0.05, 0) is 30.2 Å². The molecular weight excluding hydrogens is 352 g/mol. The highest BCUT2D eigenvalue weighted by Crippen LogP contribution is 2.27. The van der Waals surface area contributed by atoms with Crippen LogP contribution in [-0.4, -0.2) is 26.2 Å². The molecule has 0 aliphatic carbocycles. The van der Waals surface area contributed by atoms with Crippen molar-refractivity contribution in [3.63, 3.8) is 0 Å². The first-order valence-electron chi connectivity index (χ1n) is 9.29. The molecule has 3 aromatic rings. The van der Waals surface area contributed by atoms with Gasteiger partial charge in [0.1, 0.15) is 11.5 Å². The van der Waals surface area contributed by atoms with Gasteiger partial charge in [0.05, 0.1) is 20.3 Å². The normalized spacial score (nSPS) is 13.0. The zero-order valence-electron chi connectivity index (χ0n) is 16.7. The highest BCUT2D eigenvalue weighted by atomic mass is 16.5. The lowest BCUT2D eigenvalue weighted by molar-refractivity contribution is -0.117. The van der Waals surface area contributed by atoms with E-state index in [0.29, 0.717) is 17.2 Å². The molecule has 1 amide bonds. The number of benzene rings is 3. The summed E-state index contributed by atoms with van der Waals surface area (Å²) in [5.41, 5.74) is 1.80. The fraction of sp³-hybridized carbons (Fsp3) is 0.261. The molecule has 3 rings (SSSR count). The van der Waals surface area contributed by atoms with Gasteiger partial charge in [0, 0.05) is 29.9 Å². The lowest BCUT2D eigenvalue weighted by Crippen LogP contribution is -2.39. The molecule has 2 atom stereocenters. The van der Waals surface area contributed by atoms with Gasteiger partial charge in [0.15, 0.2) is 0 Å². The molecule has 0 aromatic heterocycles. The van der Waals surface area contributed by atoms with Crippen LogP contribution in [0.15, 0.2) is 60.7 Å². The summed E-state index contributed by atoms with van der Waals surface area (Å²) >= 11 is 0. The molecule has 28 heavy (non-hydrogen) atoms. The number of carbonyl (C=O) groups excluding carboxylic acids is 1. The van der Waals surface area contributed by atoms with E-state index in [4.69, 9.17) is 9.47 Å². The largest absolute Gasteiger partial charge is 0.497 e. The molecule has 0 aliphatic rings. The quantitative estimate of drug-likeness (QED) is 0.634. The molecular formula is C23H26N2O3. The highest BCUT2D eigenvalue weighted by Gasteiger charge is 2.18. The molecule has 0 fully saturated rings. The molecule has 0 saturated carbocycles. The van der Waals surface area contributed by atoms with Gasteiger partial charge in [-0.2, -0.15) is 0 Å². The Morgan fingerprint density at radius 3 is 2.21 bits per heavy atom. The second kappa shape index (κ2) is 8.76. The average molecular weight is 378 g/mol. The van der Waals surface area contributed by atoms with Crippen LogP contribution < -0.4 is 20.1 Å². The molecule has 0 aliphatic heterocycles. The zero-order chi connectivity index (χ0) is 20.1. The van der Waals surface area contributed by atoms with Crippen molar-refractivity contribution < 1.29 is 14.3 Å². The van der Waals surface area contributed by atoms with Crippen LogP contribution in [0.5, 0.6) is 11.5 Å². The molecule has 0 saturated heterocycles. The van der Waals surface area contributed by atoms with Gasteiger partial charge >= 0.3 is 0 Å². The van der Waals surface area contributed by atoms with Gasteiger partial charge in [-0.25, -0.2) is 0 Å². The Morgan fingerprint density at radius 1 is 0.893 bits per heavy atom. The molecule has 0 spiro atoms. The third-order valence-electron chi connectivity index (χ3n) is 4.80. The Bertz CT molecular complexity index is 943. The van der Waals surface area contributed by atoms with Crippen molar-refractivity contribution in [2.24, 2.45) is 0 Å². The van der Waals surface area contributed by atoms with E-state index < -0.39 is 0 Å². The van der Waals surface area contributed by atoms with E-state index >= 15 is 0 Å². The van der Waals surface area contributed by atoms with Gasteiger partial charge in [0.2, 0.25) is 5.91 Å². The summed E-state index contributed by atoms with van der Waals surface area (Å²) in [4.78, 5) is 12.7. The number of hydrogen-bond donors (Lipinski definition) is 2. The molecule has 5 heteroatoms. The Kier molecular flexibility index (Phi) is 6.16. The zero-order valence-corrected chi connectivity index (χ0v) is 16.7. The van der Waals surface area contributed by atoms with Crippen molar-refractivity contribution in [2.75, 3.05) is 19.5 Å². The number of anilines is 1. The van der Waals surface area contributed by atoms with E-state index in [9.17, 15) is 4.79 Å². The van der Waals surface area contributed by atoms with Gasteiger partial charge in [-0.15, -0.1) is 0 Å². The monoisotopic (exact) mass is 378 g/mol. The summed E-state index contributed by atoms with van der Waals surface area (Å²) in [6.45, 7) is 3.93. The van der Waals surface area contributed by atoms with Crippen LogP contribution >= 0.6 is 0 Å². The number of ether oxygens (including phenoxy) is 2. The first-order chi connectivity index (χ1) is 13.5. The van der Waals surface area contributed by atoms with Crippen LogP contribution in [0.25, 0.3) is 10.8 Å². The van der Waals surface area contributed by atoms with Crippen LogP contribution in [0.2, 0.25) is 0 Å². The number of fused-ring (bicyclic) bond motifs is 1. The van der Waals surface area contributed by atoms with Crippen molar-refractivity contribution in [3.8, 4) is 11.5 Å².